The van der Waals surface area contributed by atoms with Gasteiger partial charge in [0.1, 0.15) is 0 Å². The molecule has 53 heavy (non-hydrogen) atoms. The molecule has 0 spiro atoms. The van der Waals surface area contributed by atoms with Gasteiger partial charge in [-0.3, -0.25) is 0 Å². The van der Waals surface area contributed by atoms with Crippen LogP contribution in [0.25, 0.3) is 16.9 Å². The van der Waals surface area contributed by atoms with Crippen LogP contribution < -0.4 is 0 Å². The van der Waals surface area contributed by atoms with Gasteiger partial charge in [-0.15, -0.1) is 0 Å². The predicted octanol–water partition coefficient (Wildman–Crippen LogP) is 16.7. The van der Waals surface area contributed by atoms with Crippen LogP contribution in [0.15, 0.2) is 81.4 Å². The summed E-state index contributed by atoms with van der Waals surface area (Å²) < 4.78 is 6.22. The molecule has 0 N–H and O–H groups in total. The Kier molecular flexibility index (Phi) is 28.2. The predicted molar refractivity (Wildman–Crippen MR) is 232 cm³/mol. The Hall–Kier alpha value is -2.34. The molecule has 298 valence electrons. The van der Waals surface area contributed by atoms with E-state index in [4.69, 9.17) is 0 Å². The topological polar surface area (TPSA) is 25.3 Å². The van der Waals surface area contributed by atoms with Gasteiger partial charge < -0.3 is 5.53 Å². The van der Waals surface area contributed by atoms with Crippen LogP contribution in [0, 0.1) is 0 Å². The van der Waals surface area contributed by atoms with Crippen molar-refractivity contribution in [3.8, 4) is 0 Å². The Balaban J connectivity index is 0.000000382. The van der Waals surface area contributed by atoms with Crippen molar-refractivity contribution in [1.29, 1.82) is 0 Å². The Bertz CT molecular complexity index is 1340. The maximum absolute atomic E-state index is 11.3. The zero-order valence-electron chi connectivity index (χ0n) is 34.9. The first kappa shape index (κ1) is 46.8. The second kappa shape index (κ2) is 32.0. The zero-order chi connectivity index (χ0) is 38.2. The van der Waals surface area contributed by atoms with Gasteiger partial charge in [-0.1, -0.05) is 64.3 Å². The van der Waals surface area contributed by atoms with Gasteiger partial charge >= 0.3 is 156 Å². The normalized spacial score (nSPS) is 13.1. The van der Waals surface area contributed by atoms with Crippen LogP contribution in [0.2, 0.25) is 0 Å². The summed E-state index contributed by atoms with van der Waals surface area (Å²) >= 11 is 0.706. The standard InChI is InChI=1S/C28H36N2.2C11H21.Pd/c1-4-7-12-22-14-10-17-24(19-22)27-21-26(16-9-6-3)28(30(27)29)25-18-11-15-23(20-25)13-8-5-2;2*1-3-5-7-9-11-10-8-6-4-2;/h10-11,14-15,17-21H,4-9,12-13,16H2,1-3H3;2*1,3H,4-11H2,2H3;. The van der Waals surface area contributed by atoms with E-state index in [1.165, 1.54) is 150 Å². The number of hydrogen-bond acceptors (Lipinski definition) is 0. The molecule has 2 nitrogen and oxygen atoms in total. The molecule has 0 radical (unpaired) electrons. The number of allylic oxidation sites excluding steroid dienone is 4. The molecule has 1 aliphatic heterocycles. The Morgan fingerprint density at radius 2 is 0.943 bits per heavy atom. The SMILES string of the molecule is CCCCC1=C(c2cccc(CCCC)c2)[N+](=[N-])C(c2cccc(CCCC)c2)=C1.CCCCCCCCCC=[CH][Pd][CH]=CCCCCCCCCC. The minimum absolute atomic E-state index is 0.706. The first-order chi connectivity index (χ1) is 26.1. The Morgan fingerprint density at radius 1 is 0.509 bits per heavy atom. The van der Waals surface area contributed by atoms with Gasteiger partial charge in [-0.25, -0.2) is 4.70 Å². The van der Waals surface area contributed by atoms with E-state index in [0.29, 0.717) is 18.0 Å². The summed E-state index contributed by atoms with van der Waals surface area (Å²) in [6.45, 7) is 11.2. The molecule has 1 heterocycles. The van der Waals surface area contributed by atoms with E-state index in [1.807, 2.05) is 0 Å². The van der Waals surface area contributed by atoms with Gasteiger partial charge in [0.15, 0.2) is 0 Å². The van der Waals surface area contributed by atoms with Crippen molar-refractivity contribution in [3.05, 3.63) is 109 Å². The summed E-state index contributed by atoms with van der Waals surface area (Å²) in [7, 11) is 0. The van der Waals surface area contributed by atoms with Crippen LogP contribution in [0.1, 0.15) is 205 Å². The van der Waals surface area contributed by atoms with E-state index in [1.54, 1.807) is 0 Å². The summed E-state index contributed by atoms with van der Waals surface area (Å²) in [5, 5.41) is 0. The summed E-state index contributed by atoms with van der Waals surface area (Å²) in [6.07, 6.45) is 39.6. The molecule has 0 unspecified atom stereocenters. The molecule has 0 saturated carbocycles. The first-order valence-corrected chi connectivity index (χ1v) is 23.9. The van der Waals surface area contributed by atoms with Crippen molar-refractivity contribution < 1.29 is 22.7 Å². The van der Waals surface area contributed by atoms with Crippen molar-refractivity contribution in [2.75, 3.05) is 0 Å². The van der Waals surface area contributed by atoms with Crippen molar-refractivity contribution >= 4 is 11.4 Å². The second-order valence-corrected chi connectivity index (χ2v) is 16.6. The van der Waals surface area contributed by atoms with Crippen LogP contribution in [-0.4, -0.2) is 4.70 Å². The molecule has 2 aromatic rings. The molecule has 0 atom stereocenters. The number of unbranched alkanes of at least 4 members (excludes halogenated alkanes) is 17. The van der Waals surface area contributed by atoms with E-state index in [-0.39, 0.29) is 0 Å². The van der Waals surface area contributed by atoms with Gasteiger partial charge in [0, 0.05) is 22.8 Å². The van der Waals surface area contributed by atoms with Crippen LogP contribution in [-0.2, 0) is 30.8 Å². The summed E-state index contributed by atoms with van der Waals surface area (Å²) in [5.74, 6) is 0. The van der Waals surface area contributed by atoms with Crippen molar-refractivity contribution in [3.63, 3.8) is 0 Å². The van der Waals surface area contributed by atoms with Gasteiger partial charge in [0.25, 0.3) is 0 Å². The van der Waals surface area contributed by atoms with Gasteiger partial charge in [-0.2, -0.15) is 0 Å². The van der Waals surface area contributed by atoms with Crippen molar-refractivity contribution in [1.82, 2.24) is 0 Å². The average Bonchev–Trinajstić information content (AvgIpc) is 3.52. The third-order valence-corrected chi connectivity index (χ3v) is 11.5. The average molecular weight is 814 g/mol. The molecular weight excluding hydrogens is 735 g/mol. The molecule has 0 saturated heterocycles. The van der Waals surface area contributed by atoms with Crippen LogP contribution >= 0.6 is 0 Å². The minimum atomic E-state index is 0.706. The summed E-state index contributed by atoms with van der Waals surface area (Å²) in [4.78, 5) is 0. The molecular formula is C50H78N2Pd. The molecule has 0 aromatic heterocycles. The van der Waals surface area contributed by atoms with Gasteiger partial charge in [0.05, 0.1) is 0 Å². The van der Waals surface area contributed by atoms with Crippen molar-refractivity contribution in [2.24, 2.45) is 0 Å². The fraction of sp³-hybridized carbons (Fsp3) is 0.600. The Morgan fingerprint density at radius 3 is 1.45 bits per heavy atom. The number of hydrogen-bond donors (Lipinski definition) is 0. The molecule has 1 aliphatic rings. The van der Waals surface area contributed by atoms with E-state index < -0.39 is 0 Å². The van der Waals surface area contributed by atoms with E-state index >= 15 is 0 Å². The van der Waals surface area contributed by atoms with Gasteiger partial charge in [-0.05, 0) is 73.9 Å². The number of benzene rings is 2. The quantitative estimate of drug-likeness (QED) is 0.0444. The second-order valence-electron chi connectivity index (χ2n) is 15.0. The number of rotatable bonds is 29. The third kappa shape index (κ3) is 20.8. The fourth-order valence-corrected chi connectivity index (χ4v) is 7.92. The number of aryl methyl sites for hydroxylation is 2. The third-order valence-electron chi connectivity index (χ3n) is 10.1. The monoisotopic (exact) mass is 813 g/mol. The zero-order valence-corrected chi connectivity index (χ0v) is 36.4. The van der Waals surface area contributed by atoms with E-state index in [9.17, 15) is 5.53 Å². The summed E-state index contributed by atoms with van der Waals surface area (Å²) in [5.41, 5.74) is 19.3. The molecule has 0 amide bonds. The molecule has 3 heteroatoms. The summed E-state index contributed by atoms with van der Waals surface area (Å²) in [6, 6.07) is 17.4. The molecule has 0 aliphatic carbocycles. The van der Waals surface area contributed by atoms with Crippen LogP contribution in [0.5, 0.6) is 0 Å². The molecule has 2 aromatic carbocycles. The molecule has 0 fully saturated rings. The molecule has 0 bridgehead atoms. The fourth-order valence-electron chi connectivity index (χ4n) is 6.81. The number of nitrogens with zero attached hydrogens (tertiary/aromatic N) is 2. The van der Waals surface area contributed by atoms with Crippen molar-refractivity contribution in [2.45, 2.75) is 195 Å². The molecule has 3 rings (SSSR count). The van der Waals surface area contributed by atoms with Crippen LogP contribution in [0.4, 0.5) is 0 Å². The Labute approximate surface area is 336 Å². The van der Waals surface area contributed by atoms with E-state index in [2.05, 4.69) is 110 Å². The van der Waals surface area contributed by atoms with Gasteiger partial charge in [0.2, 0.25) is 11.4 Å². The van der Waals surface area contributed by atoms with Crippen LogP contribution in [0.3, 0.4) is 0 Å². The maximum atomic E-state index is 11.3. The first-order valence-electron chi connectivity index (χ1n) is 22.1. The van der Waals surface area contributed by atoms with E-state index in [0.717, 1.165) is 54.6 Å².